The highest BCUT2D eigenvalue weighted by molar-refractivity contribution is 5.96. The van der Waals surface area contributed by atoms with Crippen LogP contribution >= 0.6 is 0 Å². The summed E-state index contributed by atoms with van der Waals surface area (Å²) in [4.78, 5) is 11.0. The van der Waals surface area contributed by atoms with Gasteiger partial charge in [0.2, 0.25) is 5.78 Å². The van der Waals surface area contributed by atoms with Crippen molar-refractivity contribution in [3.8, 4) is 12.3 Å². The lowest BCUT2D eigenvalue weighted by Gasteiger charge is -2.25. The summed E-state index contributed by atoms with van der Waals surface area (Å²) < 4.78 is 0. The Morgan fingerprint density at radius 2 is 2.45 bits per heavy atom. The number of ketones is 1. The molecule has 11 heavy (non-hydrogen) atoms. The SMILES string of the molecule is C#CC(=O)[C@@H]1CCN[C@H](C)C1. The molecule has 0 aromatic rings. The summed E-state index contributed by atoms with van der Waals surface area (Å²) >= 11 is 0. The molecule has 0 radical (unpaired) electrons. The predicted octanol–water partition coefficient (Wildman–Crippen LogP) is 0.577. The highest BCUT2D eigenvalue weighted by Crippen LogP contribution is 2.16. The molecule has 2 heteroatoms. The summed E-state index contributed by atoms with van der Waals surface area (Å²) in [5.74, 6) is 2.27. The second kappa shape index (κ2) is 3.54. The van der Waals surface area contributed by atoms with Crippen LogP contribution in [0.2, 0.25) is 0 Å². The number of terminal acetylenes is 1. The lowest BCUT2D eigenvalue weighted by Crippen LogP contribution is -2.38. The number of hydrogen-bond donors (Lipinski definition) is 1. The van der Waals surface area contributed by atoms with E-state index >= 15 is 0 Å². The van der Waals surface area contributed by atoms with E-state index in [1.54, 1.807) is 0 Å². The van der Waals surface area contributed by atoms with Crippen molar-refractivity contribution in [1.29, 1.82) is 0 Å². The highest BCUT2D eigenvalue weighted by Gasteiger charge is 2.22. The number of hydrogen-bond acceptors (Lipinski definition) is 2. The van der Waals surface area contributed by atoms with Crippen molar-refractivity contribution in [2.24, 2.45) is 5.92 Å². The Morgan fingerprint density at radius 1 is 1.73 bits per heavy atom. The monoisotopic (exact) mass is 151 g/mol. The molecule has 1 saturated heterocycles. The first-order valence-electron chi connectivity index (χ1n) is 3.98. The standard InChI is InChI=1S/C9H13NO/c1-3-9(11)8-4-5-10-7(2)6-8/h1,7-8,10H,4-6H2,2H3/t7-,8-/m1/s1. The number of Topliss-reactive ketones (excluding diaryl/α,β-unsaturated/α-hetero) is 1. The molecular formula is C9H13NO. The van der Waals surface area contributed by atoms with Gasteiger partial charge in [0.1, 0.15) is 0 Å². The van der Waals surface area contributed by atoms with Gasteiger partial charge < -0.3 is 5.32 Å². The van der Waals surface area contributed by atoms with Crippen molar-refractivity contribution in [3.63, 3.8) is 0 Å². The third-order valence-electron chi connectivity index (χ3n) is 2.14. The molecule has 60 valence electrons. The maximum absolute atomic E-state index is 11.0. The third-order valence-corrected chi connectivity index (χ3v) is 2.14. The molecule has 2 atom stereocenters. The van der Waals surface area contributed by atoms with Crippen LogP contribution in [0.25, 0.3) is 0 Å². The van der Waals surface area contributed by atoms with E-state index < -0.39 is 0 Å². The molecule has 2 nitrogen and oxygen atoms in total. The summed E-state index contributed by atoms with van der Waals surface area (Å²) in [6.07, 6.45) is 6.82. The fraction of sp³-hybridized carbons (Fsp3) is 0.667. The van der Waals surface area contributed by atoms with Crippen LogP contribution in [0.5, 0.6) is 0 Å². The number of piperidine rings is 1. The molecule has 0 spiro atoms. The molecule has 1 heterocycles. The van der Waals surface area contributed by atoms with Crippen LogP contribution in [0.1, 0.15) is 19.8 Å². The summed E-state index contributed by atoms with van der Waals surface area (Å²) in [5.41, 5.74) is 0. The second-order valence-electron chi connectivity index (χ2n) is 3.09. The molecule has 0 saturated carbocycles. The Labute approximate surface area is 67.4 Å². The molecule has 1 N–H and O–H groups in total. The summed E-state index contributed by atoms with van der Waals surface area (Å²) in [6, 6.07) is 0.436. The van der Waals surface area contributed by atoms with Crippen molar-refractivity contribution in [2.45, 2.75) is 25.8 Å². The smallest absolute Gasteiger partial charge is 0.208 e. The van der Waals surface area contributed by atoms with E-state index in [0.29, 0.717) is 6.04 Å². The van der Waals surface area contributed by atoms with Crippen molar-refractivity contribution < 1.29 is 4.79 Å². The third kappa shape index (κ3) is 2.06. The van der Waals surface area contributed by atoms with E-state index in [0.717, 1.165) is 19.4 Å². The van der Waals surface area contributed by atoms with Crippen LogP contribution in [-0.4, -0.2) is 18.4 Å². The molecule has 0 aromatic heterocycles. The minimum atomic E-state index is -0.0293. The number of carbonyl (C=O) groups excluding carboxylic acids is 1. The molecule has 1 rings (SSSR count). The maximum Gasteiger partial charge on any atom is 0.208 e. The Kier molecular flexibility index (Phi) is 2.67. The normalized spacial score (nSPS) is 30.9. The molecule has 0 bridgehead atoms. The average molecular weight is 151 g/mol. The zero-order valence-corrected chi connectivity index (χ0v) is 6.76. The van der Waals surface area contributed by atoms with Crippen LogP contribution in [-0.2, 0) is 4.79 Å². The van der Waals surface area contributed by atoms with Crippen LogP contribution in [0, 0.1) is 18.3 Å². The van der Waals surface area contributed by atoms with Gasteiger partial charge >= 0.3 is 0 Å². The van der Waals surface area contributed by atoms with E-state index in [2.05, 4.69) is 18.2 Å². The minimum absolute atomic E-state index is 0.0293. The van der Waals surface area contributed by atoms with Gasteiger partial charge in [-0.1, -0.05) is 0 Å². The largest absolute Gasteiger partial charge is 0.314 e. The van der Waals surface area contributed by atoms with Gasteiger partial charge in [-0.25, -0.2) is 0 Å². The van der Waals surface area contributed by atoms with E-state index in [1.807, 2.05) is 0 Å². The lowest BCUT2D eigenvalue weighted by atomic mass is 9.90. The first kappa shape index (κ1) is 8.29. The zero-order chi connectivity index (χ0) is 8.27. The van der Waals surface area contributed by atoms with Crippen molar-refractivity contribution in [3.05, 3.63) is 0 Å². The number of carbonyl (C=O) groups is 1. The fourth-order valence-corrected chi connectivity index (χ4v) is 1.49. The van der Waals surface area contributed by atoms with Crippen LogP contribution < -0.4 is 5.32 Å². The first-order valence-corrected chi connectivity index (χ1v) is 3.98. The van der Waals surface area contributed by atoms with Crippen molar-refractivity contribution in [1.82, 2.24) is 5.32 Å². The minimum Gasteiger partial charge on any atom is -0.314 e. The van der Waals surface area contributed by atoms with Gasteiger partial charge in [0.15, 0.2) is 0 Å². The Hall–Kier alpha value is -0.810. The Balaban J connectivity index is 2.47. The quantitative estimate of drug-likeness (QED) is 0.438. The second-order valence-corrected chi connectivity index (χ2v) is 3.09. The Morgan fingerprint density at radius 3 is 3.00 bits per heavy atom. The van der Waals surface area contributed by atoms with Gasteiger partial charge in [0.25, 0.3) is 0 Å². The number of nitrogens with one attached hydrogen (secondary N) is 1. The molecule has 0 aliphatic carbocycles. The van der Waals surface area contributed by atoms with Crippen LogP contribution in [0.4, 0.5) is 0 Å². The molecule has 0 unspecified atom stereocenters. The van der Waals surface area contributed by atoms with Crippen LogP contribution in [0.15, 0.2) is 0 Å². The molecule has 0 amide bonds. The van der Waals surface area contributed by atoms with E-state index in [1.165, 1.54) is 0 Å². The predicted molar refractivity (Wildman–Crippen MR) is 44.0 cm³/mol. The van der Waals surface area contributed by atoms with Crippen LogP contribution in [0.3, 0.4) is 0 Å². The fourth-order valence-electron chi connectivity index (χ4n) is 1.49. The van der Waals surface area contributed by atoms with Gasteiger partial charge in [-0.15, -0.1) is 6.42 Å². The van der Waals surface area contributed by atoms with Gasteiger partial charge in [-0.05, 0) is 32.2 Å². The van der Waals surface area contributed by atoms with Gasteiger partial charge in [0.05, 0.1) is 0 Å². The molecular weight excluding hydrogens is 138 g/mol. The Bertz CT molecular complexity index is 192. The molecule has 0 aromatic carbocycles. The van der Waals surface area contributed by atoms with Gasteiger partial charge in [-0.2, -0.15) is 0 Å². The van der Waals surface area contributed by atoms with Crippen molar-refractivity contribution >= 4 is 5.78 Å². The topological polar surface area (TPSA) is 29.1 Å². The summed E-state index contributed by atoms with van der Waals surface area (Å²) in [5, 5.41) is 3.27. The van der Waals surface area contributed by atoms with E-state index in [9.17, 15) is 4.79 Å². The van der Waals surface area contributed by atoms with Crippen molar-refractivity contribution in [2.75, 3.05) is 6.54 Å². The molecule has 1 fully saturated rings. The molecule has 1 aliphatic heterocycles. The highest BCUT2D eigenvalue weighted by atomic mass is 16.1. The lowest BCUT2D eigenvalue weighted by molar-refractivity contribution is -0.118. The summed E-state index contributed by atoms with van der Waals surface area (Å²) in [7, 11) is 0. The molecule has 1 aliphatic rings. The number of rotatable bonds is 1. The zero-order valence-electron chi connectivity index (χ0n) is 6.76. The first-order chi connectivity index (χ1) is 5.24. The van der Waals surface area contributed by atoms with E-state index in [-0.39, 0.29) is 11.7 Å². The van der Waals surface area contributed by atoms with E-state index in [4.69, 9.17) is 6.42 Å². The maximum atomic E-state index is 11.0. The average Bonchev–Trinajstić information content (AvgIpc) is 2.03. The summed E-state index contributed by atoms with van der Waals surface area (Å²) in [6.45, 7) is 3.00. The van der Waals surface area contributed by atoms with Gasteiger partial charge in [0, 0.05) is 12.0 Å². The van der Waals surface area contributed by atoms with Gasteiger partial charge in [-0.3, -0.25) is 4.79 Å².